The molecule has 1 aromatic carbocycles. The second kappa shape index (κ2) is 11.1. The van der Waals surface area contributed by atoms with Crippen molar-refractivity contribution in [3.63, 3.8) is 0 Å². The molecule has 202 valence electrons. The number of fused-ring (bicyclic) bond motifs is 1. The van der Waals surface area contributed by atoms with E-state index in [-0.39, 0.29) is 12.6 Å². The number of rotatable bonds is 6. The molecule has 0 unspecified atom stereocenters. The maximum absolute atomic E-state index is 9.82. The third-order valence-electron chi connectivity index (χ3n) is 7.87. The fraction of sp³-hybridized carbons (Fsp3) is 0.400. The van der Waals surface area contributed by atoms with Crippen molar-refractivity contribution < 1.29 is 14.6 Å². The van der Waals surface area contributed by atoms with Crippen molar-refractivity contribution in [2.24, 2.45) is 0 Å². The van der Waals surface area contributed by atoms with Crippen molar-refractivity contribution in [1.82, 2.24) is 19.9 Å². The molecule has 0 aliphatic carbocycles. The molecule has 0 amide bonds. The highest BCUT2D eigenvalue weighted by Gasteiger charge is 2.27. The van der Waals surface area contributed by atoms with E-state index in [2.05, 4.69) is 39.9 Å². The van der Waals surface area contributed by atoms with Crippen molar-refractivity contribution in [1.29, 1.82) is 0 Å². The van der Waals surface area contributed by atoms with Gasteiger partial charge in [0.2, 0.25) is 5.95 Å². The summed E-state index contributed by atoms with van der Waals surface area (Å²) in [4.78, 5) is 23.9. The highest BCUT2D eigenvalue weighted by Crippen LogP contribution is 2.34. The lowest BCUT2D eigenvalue weighted by molar-refractivity contribution is 0.0987. The van der Waals surface area contributed by atoms with Crippen LogP contribution in [0.2, 0.25) is 0 Å². The summed E-state index contributed by atoms with van der Waals surface area (Å²) < 4.78 is 11.1. The van der Waals surface area contributed by atoms with Crippen molar-refractivity contribution in [2.45, 2.75) is 38.3 Å². The summed E-state index contributed by atoms with van der Waals surface area (Å²) in [5.41, 5.74) is 4.44. The van der Waals surface area contributed by atoms with E-state index in [9.17, 15) is 5.11 Å². The van der Waals surface area contributed by atoms with Crippen molar-refractivity contribution in [3.05, 3.63) is 66.0 Å². The third-order valence-corrected chi connectivity index (χ3v) is 7.87. The first-order chi connectivity index (χ1) is 19.1. The summed E-state index contributed by atoms with van der Waals surface area (Å²) in [6.45, 7) is 5.94. The molecule has 0 spiro atoms. The molecule has 2 aliphatic heterocycles. The Morgan fingerprint density at radius 1 is 1.00 bits per heavy atom. The molecule has 5 heterocycles. The van der Waals surface area contributed by atoms with Gasteiger partial charge in [-0.15, -0.1) is 0 Å². The van der Waals surface area contributed by atoms with Crippen LogP contribution in [0.1, 0.15) is 36.8 Å². The Bertz CT molecular complexity index is 1440. The number of anilines is 2. The van der Waals surface area contributed by atoms with E-state index in [4.69, 9.17) is 24.4 Å². The Morgan fingerprint density at radius 2 is 1.82 bits per heavy atom. The second-order valence-corrected chi connectivity index (χ2v) is 10.3. The minimum atomic E-state index is -0.106. The van der Waals surface area contributed by atoms with E-state index in [1.165, 1.54) is 5.56 Å². The first-order valence-electron chi connectivity index (χ1n) is 13.6. The lowest BCUT2D eigenvalue weighted by Crippen LogP contribution is -2.44. The van der Waals surface area contributed by atoms with Crippen molar-refractivity contribution in [3.8, 4) is 17.0 Å². The summed E-state index contributed by atoms with van der Waals surface area (Å²) in [6.07, 6.45) is 5.83. The Kier molecular flexibility index (Phi) is 7.26. The largest absolute Gasteiger partial charge is 0.496 e. The summed E-state index contributed by atoms with van der Waals surface area (Å²) in [5, 5.41) is 10.8. The number of benzene rings is 1. The molecule has 0 bridgehead atoms. The molecule has 4 aromatic rings. The zero-order valence-electron chi connectivity index (χ0n) is 22.5. The van der Waals surface area contributed by atoms with E-state index in [1.807, 2.05) is 36.7 Å². The van der Waals surface area contributed by atoms with Crippen LogP contribution in [-0.2, 0) is 11.3 Å². The quantitative estimate of drug-likeness (QED) is 0.397. The molecule has 2 saturated heterocycles. The first kappa shape index (κ1) is 25.5. The summed E-state index contributed by atoms with van der Waals surface area (Å²) in [5.74, 6) is 2.81. The summed E-state index contributed by atoms with van der Waals surface area (Å²) >= 11 is 0. The monoisotopic (exact) mass is 526 g/mol. The molecule has 1 N–H and O–H groups in total. The van der Waals surface area contributed by atoms with E-state index < -0.39 is 0 Å². The maximum Gasteiger partial charge on any atom is 0.229 e. The van der Waals surface area contributed by atoms with E-state index >= 15 is 0 Å². The third kappa shape index (κ3) is 5.12. The molecule has 39 heavy (non-hydrogen) atoms. The number of aliphatic hydroxyl groups is 1. The first-order valence-corrected chi connectivity index (χ1v) is 13.6. The number of ether oxygens (including phenoxy) is 2. The number of aliphatic hydroxyl groups excluding tert-OH is 1. The lowest BCUT2D eigenvalue weighted by atomic mass is 9.90. The van der Waals surface area contributed by atoms with Gasteiger partial charge in [0, 0.05) is 43.2 Å². The van der Waals surface area contributed by atoms with Crippen LogP contribution in [0, 0.1) is 0 Å². The fourth-order valence-corrected chi connectivity index (χ4v) is 5.66. The van der Waals surface area contributed by atoms with E-state index in [0.29, 0.717) is 30.5 Å². The lowest BCUT2D eigenvalue weighted by Gasteiger charge is -2.36. The smallest absolute Gasteiger partial charge is 0.229 e. The predicted octanol–water partition coefficient (Wildman–Crippen LogP) is 4.20. The maximum atomic E-state index is 9.82. The van der Waals surface area contributed by atoms with Crippen LogP contribution < -0.4 is 14.5 Å². The van der Waals surface area contributed by atoms with Gasteiger partial charge in [0.1, 0.15) is 11.6 Å². The van der Waals surface area contributed by atoms with Gasteiger partial charge in [0.15, 0.2) is 5.65 Å². The number of hydrogen-bond donors (Lipinski definition) is 1. The standard InChI is InChI=1S/C30H34N6O3/c1-20-19-39-16-15-36(20)29-25-4-5-26(23-3-6-27(38-2)24(17-23)18-37)32-28(25)33-30(34-29)35-13-9-22(10-14-35)21-7-11-31-12-8-21/h3-8,11-12,17,20,22,37H,9-10,13-16,18-19H2,1-2H3/t20-/m0/s1. The highest BCUT2D eigenvalue weighted by atomic mass is 16.5. The number of methoxy groups -OCH3 is 1. The van der Waals surface area contributed by atoms with Gasteiger partial charge >= 0.3 is 0 Å². The van der Waals surface area contributed by atoms with Crippen molar-refractivity contribution >= 4 is 22.8 Å². The molecule has 6 rings (SSSR count). The van der Waals surface area contributed by atoms with E-state index in [0.717, 1.165) is 66.4 Å². The number of pyridine rings is 2. The number of nitrogens with zero attached hydrogens (tertiary/aromatic N) is 6. The minimum absolute atomic E-state index is 0.106. The second-order valence-electron chi connectivity index (χ2n) is 10.3. The van der Waals surface area contributed by atoms with Crippen LogP contribution in [0.3, 0.4) is 0 Å². The summed E-state index contributed by atoms with van der Waals surface area (Å²) in [7, 11) is 1.61. The number of aromatic nitrogens is 4. The van der Waals surface area contributed by atoms with Gasteiger partial charge in [-0.05, 0) is 73.7 Å². The normalized spacial score (nSPS) is 18.5. The molecule has 9 heteroatoms. The van der Waals surface area contributed by atoms with Gasteiger partial charge in [-0.2, -0.15) is 9.97 Å². The number of hydrogen-bond acceptors (Lipinski definition) is 9. The fourth-order valence-electron chi connectivity index (χ4n) is 5.66. The van der Waals surface area contributed by atoms with Gasteiger partial charge in [-0.25, -0.2) is 4.98 Å². The van der Waals surface area contributed by atoms with Gasteiger partial charge < -0.3 is 24.4 Å². The zero-order chi connectivity index (χ0) is 26.8. The van der Waals surface area contributed by atoms with Crippen LogP contribution in [0.4, 0.5) is 11.8 Å². The average Bonchev–Trinajstić information content (AvgIpc) is 3.00. The molecule has 3 aromatic heterocycles. The predicted molar refractivity (Wildman–Crippen MR) is 151 cm³/mol. The van der Waals surface area contributed by atoms with Crippen LogP contribution in [-0.4, -0.2) is 71.0 Å². The molecule has 9 nitrogen and oxygen atoms in total. The topological polar surface area (TPSA) is 96.7 Å². The number of piperidine rings is 1. The van der Waals surface area contributed by atoms with E-state index in [1.54, 1.807) is 7.11 Å². The van der Waals surface area contributed by atoms with Crippen LogP contribution >= 0.6 is 0 Å². The molecule has 2 aliphatic rings. The minimum Gasteiger partial charge on any atom is -0.496 e. The molecular weight excluding hydrogens is 492 g/mol. The Balaban J connectivity index is 1.38. The van der Waals surface area contributed by atoms with Gasteiger partial charge in [-0.1, -0.05) is 0 Å². The molecule has 1 atom stereocenters. The average molecular weight is 527 g/mol. The summed E-state index contributed by atoms with van der Waals surface area (Å²) in [6, 6.07) is 14.3. The van der Waals surface area contributed by atoms with Crippen LogP contribution in [0.15, 0.2) is 54.9 Å². The number of morpholine rings is 1. The molecule has 0 radical (unpaired) electrons. The Morgan fingerprint density at radius 3 is 2.56 bits per heavy atom. The van der Waals surface area contributed by atoms with Crippen LogP contribution in [0.25, 0.3) is 22.3 Å². The Hall–Kier alpha value is -3.82. The zero-order valence-corrected chi connectivity index (χ0v) is 22.5. The SMILES string of the molecule is COc1ccc(-c2ccc3c(N4CCOC[C@@H]4C)nc(N4CCC(c5ccncc5)CC4)nc3n2)cc1CO. The molecule has 0 saturated carbocycles. The molecule has 2 fully saturated rings. The van der Waals surface area contributed by atoms with Gasteiger partial charge in [0.05, 0.1) is 44.1 Å². The van der Waals surface area contributed by atoms with Crippen molar-refractivity contribution in [2.75, 3.05) is 49.8 Å². The highest BCUT2D eigenvalue weighted by molar-refractivity contribution is 5.90. The van der Waals surface area contributed by atoms with Gasteiger partial charge in [-0.3, -0.25) is 4.98 Å². The molecular formula is C30H34N6O3. The van der Waals surface area contributed by atoms with Gasteiger partial charge in [0.25, 0.3) is 0 Å². The Labute approximate surface area is 228 Å². The van der Waals surface area contributed by atoms with Crippen LogP contribution in [0.5, 0.6) is 5.75 Å².